The molecule has 0 spiro atoms. The molecule has 2 atom stereocenters. The number of carbonyl (C=O) groups is 1. The Morgan fingerprint density at radius 2 is 2.00 bits per heavy atom. The molecular formula is C13H14O3. The van der Waals surface area contributed by atoms with Crippen LogP contribution in [-0.4, -0.2) is 11.1 Å². The summed E-state index contributed by atoms with van der Waals surface area (Å²) in [6.07, 6.45) is 0. The third-order valence-electron chi connectivity index (χ3n) is 3.03. The topological polar surface area (TPSA) is 50.4 Å². The van der Waals surface area contributed by atoms with E-state index in [1.165, 1.54) is 0 Å². The molecule has 0 aliphatic carbocycles. The fraction of sp³-hybridized carbons (Fsp3) is 0.308. The lowest BCUT2D eigenvalue weighted by molar-refractivity contribution is -0.141. The van der Waals surface area contributed by atoms with Gasteiger partial charge in [-0.1, -0.05) is 32.0 Å². The van der Waals surface area contributed by atoms with Crippen LogP contribution in [0.1, 0.15) is 25.5 Å². The third-order valence-corrected chi connectivity index (χ3v) is 3.03. The summed E-state index contributed by atoms with van der Waals surface area (Å²) < 4.78 is 5.64. The van der Waals surface area contributed by atoms with Crippen LogP contribution in [0, 0.1) is 5.92 Å². The van der Waals surface area contributed by atoms with Crippen LogP contribution >= 0.6 is 0 Å². The van der Waals surface area contributed by atoms with E-state index >= 15 is 0 Å². The molecule has 1 N–H and O–H groups in total. The second kappa shape index (κ2) is 4.00. The van der Waals surface area contributed by atoms with Gasteiger partial charge in [0.15, 0.2) is 0 Å². The molecule has 0 saturated heterocycles. The van der Waals surface area contributed by atoms with E-state index in [-0.39, 0.29) is 5.92 Å². The standard InChI is InChI=1S/C13H14O3/c1-8(9(2)13(14)15)12-7-10-5-3-4-6-11(10)16-12/h3-9H,1-2H3,(H,14,15). The first-order valence-electron chi connectivity index (χ1n) is 5.31. The van der Waals surface area contributed by atoms with Crippen LogP contribution in [0.15, 0.2) is 34.7 Å². The zero-order valence-corrected chi connectivity index (χ0v) is 9.31. The van der Waals surface area contributed by atoms with Crippen LogP contribution in [-0.2, 0) is 4.79 Å². The second-order valence-corrected chi connectivity index (χ2v) is 4.10. The van der Waals surface area contributed by atoms with Crippen LogP contribution in [0.4, 0.5) is 0 Å². The van der Waals surface area contributed by atoms with Crippen molar-refractivity contribution >= 4 is 16.9 Å². The molecule has 3 nitrogen and oxygen atoms in total. The Kier molecular flexibility index (Phi) is 2.69. The van der Waals surface area contributed by atoms with E-state index in [0.29, 0.717) is 0 Å². The SMILES string of the molecule is CC(C(=O)O)C(C)c1cc2ccccc2o1. The first-order valence-corrected chi connectivity index (χ1v) is 5.31. The van der Waals surface area contributed by atoms with Crippen molar-refractivity contribution in [2.75, 3.05) is 0 Å². The predicted molar refractivity (Wildman–Crippen MR) is 61.4 cm³/mol. The van der Waals surface area contributed by atoms with Crippen LogP contribution in [0.3, 0.4) is 0 Å². The van der Waals surface area contributed by atoms with Gasteiger partial charge in [-0.15, -0.1) is 0 Å². The molecule has 0 fully saturated rings. The van der Waals surface area contributed by atoms with Gasteiger partial charge in [0.25, 0.3) is 0 Å². The van der Waals surface area contributed by atoms with Gasteiger partial charge in [-0.3, -0.25) is 4.79 Å². The van der Waals surface area contributed by atoms with Gasteiger partial charge in [-0.25, -0.2) is 0 Å². The minimum Gasteiger partial charge on any atom is -0.481 e. The summed E-state index contributed by atoms with van der Waals surface area (Å²) in [6, 6.07) is 9.60. The number of furan rings is 1. The number of hydrogen-bond acceptors (Lipinski definition) is 2. The summed E-state index contributed by atoms with van der Waals surface area (Å²) in [5.74, 6) is -0.630. The number of hydrogen-bond donors (Lipinski definition) is 1. The molecule has 2 rings (SSSR count). The third kappa shape index (κ3) is 1.81. The molecule has 0 aliphatic heterocycles. The average molecular weight is 218 g/mol. The van der Waals surface area contributed by atoms with Crippen LogP contribution in [0.5, 0.6) is 0 Å². The van der Waals surface area contributed by atoms with Crippen molar-refractivity contribution in [3.63, 3.8) is 0 Å². The monoisotopic (exact) mass is 218 g/mol. The Bertz CT molecular complexity index is 480. The normalized spacial score (nSPS) is 14.9. The highest BCUT2D eigenvalue weighted by molar-refractivity contribution is 5.78. The molecule has 0 saturated carbocycles. The van der Waals surface area contributed by atoms with E-state index in [4.69, 9.17) is 9.52 Å². The zero-order chi connectivity index (χ0) is 11.7. The van der Waals surface area contributed by atoms with Gasteiger partial charge < -0.3 is 9.52 Å². The first kappa shape index (κ1) is 10.7. The first-order chi connectivity index (χ1) is 7.59. The molecule has 0 radical (unpaired) electrons. The van der Waals surface area contributed by atoms with Crippen molar-refractivity contribution in [3.05, 3.63) is 36.1 Å². The highest BCUT2D eigenvalue weighted by atomic mass is 16.4. The minimum absolute atomic E-state index is 0.120. The molecule has 3 heteroatoms. The van der Waals surface area contributed by atoms with Crippen molar-refractivity contribution in [3.8, 4) is 0 Å². The smallest absolute Gasteiger partial charge is 0.306 e. The number of aliphatic carboxylic acids is 1. The molecule has 0 aliphatic rings. The van der Waals surface area contributed by atoms with E-state index in [0.717, 1.165) is 16.7 Å². The number of benzene rings is 1. The summed E-state index contributed by atoms with van der Waals surface area (Å²) in [7, 11) is 0. The van der Waals surface area contributed by atoms with Crippen molar-refractivity contribution in [2.24, 2.45) is 5.92 Å². The lowest BCUT2D eigenvalue weighted by Gasteiger charge is -2.12. The molecule has 2 aromatic rings. The number of para-hydroxylation sites is 1. The minimum atomic E-state index is -0.798. The van der Waals surface area contributed by atoms with E-state index < -0.39 is 11.9 Å². The van der Waals surface area contributed by atoms with Gasteiger partial charge in [0, 0.05) is 11.3 Å². The Morgan fingerprint density at radius 1 is 1.31 bits per heavy atom. The van der Waals surface area contributed by atoms with E-state index in [1.807, 2.05) is 37.3 Å². The van der Waals surface area contributed by atoms with Gasteiger partial charge in [0.1, 0.15) is 11.3 Å². The molecule has 1 aromatic carbocycles. The Morgan fingerprint density at radius 3 is 2.62 bits per heavy atom. The molecular weight excluding hydrogens is 204 g/mol. The fourth-order valence-electron chi connectivity index (χ4n) is 1.69. The zero-order valence-electron chi connectivity index (χ0n) is 9.31. The fourth-order valence-corrected chi connectivity index (χ4v) is 1.69. The highest BCUT2D eigenvalue weighted by Gasteiger charge is 2.23. The van der Waals surface area contributed by atoms with E-state index in [9.17, 15) is 4.79 Å². The van der Waals surface area contributed by atoms with Gasteiger partial charge >= 0.3 is 5.97 Å². The second-order valence-electron chi connectivity index (χ2n) is 4.10. The number of rotatable bonds is 3. The van der Waals surface area contributed by atoms with E-state index in [1.54, 1.807) is 6.92 Å². The maximum absolute atomic E-state index is 10.9. The molecule has 1 heterocycles. The summed E-state index contributed by atoms with van der Waals surface area (Å²) in [5, 5.41) is 9.96. The van der Waals surface area contributed by atoms with Crippen LogP contribution in [0.2, 0.25) is 0 Å². The molecule has 0 amide bonds. The molecule has 0 bridgehead atoms. The number of carboxylic acid groups (broad SMARTS) is 1. The van der Waals surface area contributed by atoms with Crippen molar-refractivity contribution in [1.29, 1.82) is 0 Å². The van der Waals surface area contributed by atoms with Crippen molar-refractivity contribution in [2.45, 2.75) is 19.8 Å². The summed E-state index contributed by atoms with van der Waals surface area (Å²) in [4.78, 5) is 10.9. The maximum Gasteiger partial charge on any atom is 0.306 e. The summed E-state index contributed by atoms with van der Waals surface area (Å²) in [6.45, 7) is 3.57. The molecule has 84 valence electrons. The lowest BCUT2D eigenvalue weighted by Crippen LogP contribution is -2.16. The van der Waals surface area contributed by atoms with Crippen molar-refractivity contribution in [1.82, 2.24) is 0 Å². The average Bonchev–Trinajstić information content (AvgIpc) is 2.70. The molecule has 1 aromatic heterocycles. The number of carboxylic acids is 1. The maximum atomic E-state index is 10.9. The van der Waals surface area contributed by atoms with Gasteiger partial charge in [-0.05, 0) is 12.1 Å². The van der Waals surface area contributed by atoms with E-state index in [2.05, 4.69) is 0 Å². The number of fused-ring (bicyclic) bond motifs is 1. The van der Waals surface area contributed by atoms with Crippen LogP contribution < -0.4 is 0 Å². The lowest BCUT2D eigenvalue weighted by atomic mass is 9.94. The summed E-state index contributed by atoms with van der Waals surface area (Å²) >= 11 is 0. The Balaban J connectivity index is 2.36. The van der Waals surface area contributed by atoms with Gasteiger partial charge in [0.2, 0.25) is 0 Å². The van der Waals surface area contributed by atoms with Gasteiger partial charge in [0.05, 0.1) is 5.92 Å². The van der Waals surface area contributed by atoms with Crippen molar-refractivity contribution < 1.29 is 14.3 Å². The Labute approximate surface area is 93.7 Å². The van der Waals surface area contributed by atoms with Crippen LogP contribution in [0.25, 0.3) is 11.0 Å². The van der Waals surface area contributed by atoms with Gasteiger partial charge in [-0.2, -0.15) is 0 Å². The largest absolute Gasteiger partial charge is 0.481 e. The summed E-state index contributed by atoms with van der Waals surface area (Å²) in [5.41, 5.74) is 0.807. The highest BCUT2D eigenvalue weighted by Crippen LogP contribution is 2.29. The Hall–Kier alpha value is -1.77. The predicted octanol–water partition coefficient (Wildman–Crippen LogP) is 3.26. The quantitative estimate of drug-likeness (QED) is 0.860. The molecule has 16 heavy (non-hydrogen) atoms. The molecule has 2 unspecified atom stereocenters.